The lowest BCUT2D eigenvalue weighted by atomic mass is 9.88. The summed E-state index contributed by atoms with van der Waals surface area (Å²) < 4.78 is 0. The highest BCUT2D eigenvalue weighted by Crippen LogP contribution is 2.36. The smallest absolute Gasteiger partial charge is 0.311 e. The molecule has 0 saturated carbocycles. The van der Waals surface area contributed by atoms with Gasteiger partial charge in [0.05, 0.1) is 21.7 Å². The summed E-state index contributed by atoms with van der Waals surface area (Å²) in [6, 6.07) is 6.35. The molecule has 0 fully saturated rings. The molecule has 1 aromatic heterocycles. The molecule has 0 aliphatic rings. The molecular weight excluding hydrogens is 272 g/mol. The normalized spacial score (nSPS) is 12.5. The van der Waals surface area contributed by atoms with Crippen LogP contribution in [0.2, 0.25) is 0 Å². The Balaban J connectivity index is 2.69. The Morgan fingerprint density at radius 2 is 2.10 bits per heavy atom. The highest BCUT2D eigenvalue weighted by molar-refractivity contribution is 5.92. The van der Waals surface area contributed by atoms with Crippen molar-refractivity contribution in [2.45, 2.75) is 26.2 Å². The zero-order valence-electron chi connectivity index (χ0n) is 11.8. The second-order valence-corrected chi connectivity index (χ2v) is 5.35. The molecule has 0 aliphatic carbocycles. The molecule has 21 heavy (non-hydrogen) atoms. The molecule has 1 N–H and O–H groups in total. The second-order valence-electron chi connectivity index (χ2n) is 5.35. The summed E-state index contributed by atoms with van der Waals surface area (Å²) in [6.45, 7) is 3.79. The predicted molar refractivity (Wildman–Crippen MR) is 78.2 cm³/mol. The average molecular weight is 288 g/mol. The highest BCUT2D eigenvalue weighted by Gasteiger charge is 2.30. The molecule has 0 spiro atoms. The van der Waals surface area contributed by atoms with Crippen LogP contribution < -0.4 is 0 Å². The van der Waals surface area contributed by atoms with E-state index >= 15 is 0 Å². The number of carboxylic acid groups (broad SMARTS) is 1. The van der Waals surface area contributed by atoms with Crippen LogP contribution in [-0.4, -0.2) is 21.0 Å². The van der Waals surface area contributed by atoms with Gasteiger partial charge in [0.1, 0.15) is 0 Å². The monoisotopic (exact) mass is 288 g/mol. The lowest BCUT2D eigenvalue weighted by Crippen LogP contribution is -2.15. The van der Waals surface area contributed by atoms with Gasteiger partial charge >= 0.3 is 5.97 Å². The van der Waals surface area contributed by atoms with Crippen LogP contribution in [0, 0.1) is 16.0 Å². The molecule has 1 aromatic carbocycles. The van der Waals surface area contributed by atoms with Gasteiger partial charge < -0.3 is 5.11 Å². The Morgan fingerprint density at radius 3 is 2.67 bits per heavy atom. The number of aliphatic carboxylic acids is 1. The van der Waals surface area contributed by atoms with Crippen molar-refractivity contribution in [3.63, 3.8) is 0 Å². The number of rotatable bonds is 5. The maximum atomic E-state index is 11.5. The largest absolute Gasteiger partial charge is 0.481 e. The van der Waals surface area contributed by atoms with E-state index < -0.39 is 16.8 Å². The van der Waals surface area contributed by atoms with Gasteiger partial charge in [0, 0.05) is 11.8 Å². The lowest BCUT2D eigenvalue weighted by molar-refractivity contribution is -0.383. The van der Waals surface area contributed by atoms with Gasteiger partial charge in [-0.3, -0.25) is 19.9 Å². The maximum Gasteiger partial charge on any atom is 0.311 e. The van der Waals surface area contributed by atoms with Crippen molar-refractivity contribution in [2.75, 3.05) is 0 Å². The van der Waals surface area contributed by atoms with E-state index in [1.165, 1.54) is 6.07 Å². The van der Waals surface area contributed by atoms with E-state index in [9.17, 15) is 20.0 Å². The van der Waals surface area contributed by atoms with Gasteiger partial charge in [0.25, 0.3) is 5.69 Å². The van der Waals surface area contributed by atoms with Gasteiger partial charge in [-0.1, -0.05) is 13.8 Å². The van der Waals surface area contributed by atoms with Crippen molar-refractivity contribution in [1.82, 2.24) is 4.98 Å². The average Bonchev–Trinajstić information content (AvgIpc) is 2.42. The Bertz CT molecular complexity index is 697. The third kappa shape index (κ3) is 2.99. The highest BCUT2D eigenvalue weighted by atomic mass is 16.6. The number of carbonyl (C=O) groups is 1. The van der Waals surface area contributed by atoms with Gasteiger partial charge in [-0.25, -0.2) is 0 Å². The second kappa shape index (κ2) is 5.87. The zero-order valence-corrected chi connectivity index (χ0v) is 11.8. The first-order valence-corrected chi connectivity index (χ1v) is 6.66. The summed E-state index contributed by atoms with van der Waals surface area (Å²) in [5.74, 6) is -1.82. The molecule has 1 unspecified atom stereocenters. The number of nitrogens with zero attached hydrogens (tertiary/aromatic N) is 2. The van der Waals surface area contributed by atoms with E-state index in [0.717, 1.165) is 0 Å². The first-order chi connectivity index (χ1) is 9.91. The first-order valence-electron chi connectivity index (χ1n) is 6.66. The summed E-state index contributed by atoms with van der Waals surface area (Å²) >= 11 is 0. The molecule has 1 atom stereocenters. The van der Waals surface area contributed by atoms with Crippen LogP contribution in [0.25, 0.3) is 10.9 Å². The van der Waals surface area contributed by atoms with Crippen molar-refractivity contribution < 1.29 is 14.8 Å². The van der Waals surface area contributed by atoms with Crippen molar-refractivity contribution in [3.8, 4) is 0 Å². The molecule has 0 radical (unpaired) electrons. The molecule has 2 aromatic rings. The Morgan fingerprint density at radius 1 is 1.38 bits per heavy atom. The van der Waals surface area contributed by atoms with Gasteiger partial charge in [-0.05, 0) is 36.6 Å². The SMILES string of the molecule is CC(C)CC(C(=O)O)c1ccc2ncccc2c1[N+](=O)[O-]. The molecule has 0 aliphatic heterocycles. The van der Waals surface area contributed by atoms with Crippen LogP contribution in [0.15, 0.2) is 30.5 Å². The summed E-state index contributed by atoms with van der Waals surface area (Å²) in [6.07, 6.45) is 1.90. The fraction of sp³-hybridized carbons (Fsp3) is 0.333. The molecule has 0 amide bonds. The van der Waals surface area contributed by atoms with E-state index in [4.69, 9.17) is 0 Å². The fourth-order valence-electron chi connectivity index (χ4n) is 2.47. The number of benzene rings is 1. The summed E-state index contributed by atoms with van der Waals surface area (Å²) in [5.41, 5.74) is 0.567. The van der Waals surface area contributed by atoms with Crippen LogP contribution in [0.1, 0.15) is 31.7 Å². The maximum absolute atomic E-state index is 11.5. The Hall–Kier alpha value is -2.50. The lowest BCUT2D eigenvalue weighted by Gasteiger charge is -2.16. The topological polar surface area (TPSA) is 93.3 Å². The van der Waals surface area contributed by atoms with E-state index in [0.29, 0.717) is 17.3 Å². The van der Waals surface area contributed by atoms with E-state index in [1.807, 2.05) is 13.8 Å². The molecule has 110 valence electrons. The molecular formula is C15H16N2O4. The van der Waals surface area contributed by atoms with Crippen molar-refractivity contribution in [3.05, 3.63) is 46.1 Å². The fourth-order valence-corrected chi connectivity index (χ4v) is 2.47. The Kier molecular flexibility index (Phi) is 4.16. The molecule has 0 bridgehead atoms. The van der Waals surface area contributed by atoms with E-state index in [2.05, 4.69) is 4.98 Å². The van der Waals surface area contributed by atoms with Crippen molar-refractivity contribution in [1.29, 1.82) is 0 Å². The predicted octanol–water partition coefficient (Wildman–Crippen LogP) is 3.36. The summed E-state index contributed by atoms with van der Waals surface area (Å²) in [7, 11) is 0. The van der Waals surface area contributed by atoms with E-state index in [-0.39, 0.29) is 17.2 Å². The van der Waals surface area contributed by atoms with Crippen LogP contribution >= 0.6 is 0 Å². The first kappa shape index (κ1) is 14.9. The standard InChI is InChI=1S/C15H16N2O4/c1-9(2)8-12(15(18)19)10-5-6-13-11(4-3-7-16-13)14(10)17(20)21/h3-7,9,12H,8H2,1-2H3,(H,18,19). The number of fused-ring (bicyclic) bond motifs is 1. The molecule has 2 rings (SSSR count). The minimum Gasteiger partial charge on any atom is -0.481 e. The summed E-state index contributed by atoms with van der Waals surface area (Å²) in [5, 5.41) is 21.2. The van der Waals surface area contributed by atoms with Crippen LogP contribution in [-0.2, 0) is 4.79 Å². The van der Waals surface area contributed by atoms with Crippen LogP contribution in [0.5, 0.6) is 0 Å². The number of nitro benzene ring substituents is 1. The Labute approximate surface area is 121 Å². The molecule has 6 nitrogen and oxygen atoms in total. The van der Waals surface area contributed by atoms with Crippen LogP contribution in [0.3, 0.4) is 0 Å². The number of hydrogen-bond donors (Lipinski definition) is 1. The number of hydrogen-bond acceptors (Lipinski definition) is 4. The van der Waals surface area contributed by atoms with Gasteiger partial charge in [-0.15, -0.1) is 0 Å². The minimum atomic E-state index is -1.05. The number of carboxylic acids is 1. The third-order valence-corrected chi connectivity index (χ3v) is 3.35. The van der Waals surface area contributed by atoms with Gasteiger partial charge in [0.15, 0.2) is 0 Å². The quantitative estimate of drug-likeness (QED) is 0.672. The number of nitro groups is 1. The number of aromatic nitrogens is 1. The van der Waals surface area contributed by atoms with Gasteiger partial charge in [0.2, 0.25) is 0 Å². The van der Waals surface area contributed by atoms with Gasteiger partial charge in [-0.2, -0.15) is 0 Å². The van der Waals surface area contributed by atoms with Crippen LogP contribution in [0.4, 0.5) is 5.69 Å². The third-order valence-electron chi connectivity index (χ3n) is 3.35. The molecule has 6 heteroatoms. The zero-order chi connectivity index (χ0) is 15.6. The summed E-state index contributed by atoms with van der Waals surface area (Å²) in [4.78, 5) is 26.5. The van der Waals surface area contributed by atoms with Crippen molar-refractivity contribution in [2.24, 2.45) is 5.92 Å². The van der Waals surface area contributed by atoms with Crippen molar-refractivity contribution >= 4 is 22.6 Å². The molecule has 1 heterocycles. The number of pyridine rings is 1. The molecule has 0 saturated heterocycles. The van der Waals surface area contributed by atoms with E-state index in [1.54, 1.807) is 24.4 Å². The minimum absolute atomic E-state index is 0.121.